The molecule has 3 heterocycles. The molecular weight excluding hydrogens is 556 g/mol. The third-order valence-electron chi connectivity index (χ3n) is 7.84. The van der Waals surface area contributed by atoms with Gasteiger partial charge in [-0.15, -0.1) is 24.9 Å². The maximum absolute atomic E-state index is 14.2. The van der Waals surface area contributed by atoms with E-state index in [0.29, 0.717) is 45.5 Å². The monoisotopic (exact) mass is 598 g/mol. The third-order valence-corrected chi connectivity index (χ3v) is 11.1. The van der Waals surface area contributed by atoms with E-state index < -0.39 is 22.6 Å². The van der Waals surface area contributed by atoms with Crippen LogP contribution >= 0.6 is 27.7 Å². The van der Waals surface area contributed by atoms with Crippen LogP contribution < -0.4 is 0 Å². The minimum atomic E-state index is -0.664. The molecule has 2 bridgehead atoms. The molecule has 1 spiro atoms. The van der Waals surface area contributed by atoms with Crippen LogP contribution in [0.5, 0.6) is 0 Å². The topological polar surface area (TPSA) is 87.2 Å². The number of alkyl halides is 1. The number of hydrogen-bond donors (Lipinski definition) is 1. The number of nitrogens with zero attached hydrogens (tertiary/aromatic N) is 2. The molecular formula is C28H43BrN2O5S. The molecule has 3 fully saturated rings. The molecule has 7 nitrogen and oxygen atoms in total. The number of unbranched alkanes of at least 4 members (excludes halogenated alkanes) is 5. The molecule has 0 aromatic rings. The minimum Gasteiger partial charge on any atom is -0.465 e. The first-order valence-electron chi connectivity index (χ1n) is 13.8. The Bertz CT molecular complexity index is 841. The van der Waals surface area contributed by atoms with Gasteiger partial charge in [-0.2, -0.15) is 0 Å². The van der Waals surface area contributed by atoms with E-state index in [2.05, 4.69) is 36.0 Å². The Morgan fingerprint density at radius 3 is 2.68 bits per heavy atom. The number of likely N-dealkylation sites (tertiary alicyclic amines) is 1. The van der Waals surface area contributed by atoms with E-state index in [9.17, 15) is 19.5 Å². The fourth-order valence-electron chi connectivity index (χ4n) is 6.15. The maximum atomic E-state index is 14.2. The molecule has 3 unspecified atom stereocenters. The Kier molecular flexibility index (Phi) is 11.6. The lowest BCUT2D eigenvalue weighted by molar-refractivity contribution is -0.154. The zero-order valence-electron chi connectivity index (χ0n) is 22.1. The number of carbonyl (C=O) groups excluding carboxylic acids is 3. The van der Waals surface area contributed by atoms with E-state index in [1.807, 2.05) is 11.0 Å². The molecule has 3 saturated heterocycles. The van der Waals surface area contributed by atoms with E-state index in [0.717, 1.165) is 38.5 Å². The second kappa shape index (κ2) is 14.2. The van der Waals surface area contributed by atoms with Crippen molar-refractivity contribution in [1.29, 1.82) is 0 Å². The van der Waals surface area contributed by atoms with Gasteiger partial charge in [0.1, 0.15) is 6.04 Å². The predicted molar refractivity (Wildman–Crippen MR) is 152 cm³/mol. The molecule has 3 rings (SSSR count). The number of halogens is 1. The zero-order chi connectivity index (χ0) is 27.0. The number of hydrogen-bond acceptors (Lipinski definition) is 6. The Balaban J connectivity index is 1.89. The SMILES string of the molecule is C=CCCCCOC(=O)[C@H]1[C@@H]2SC3(CC2Br)C(C(=O)N(CC=C)CCCCC)N(CCCCO)C(=O)[C@H]13. The smallest absolute Gasteiger partial charge is 0.310 e. The lowest BCUT2D eigenvalue weighted by Gasteiger charge is -2.38. The highest BCUT2D eigenvalue weighted by atomic mass is 79.9. The van der Waals surface area contributed by atoms with Crippen LogP contribution in [-0.2, 0) is 19.1 Å². The van der Waals surface area contributed by atoms with Gasteiger partial charge in [0.2, 0.25) is 11.8 Å². The van der Waals surface area contributed by atoms with Crippen LogP contribution in [0.2, 0.25) is 0 Å². The minimum absolute atomic E-state index is 0.0282. The number of allylic oxidation sites excluding steroid dienone is 1. The first kappa shape index (κ1) is 30.2. The van der Waals surface area contributed by atoms with Crippen LogP contribution in [0.1, 0.15) is 64.7 Å². The van der Waals surface area contributed by atoms with Crippen molar-refractivity contribution in [2.24, 2.45) is 11.8 Å². The van der Waals surface area contributed by atoms with Gasteiger partial charge < -0.3 is 19.6 Å². The van der Waals surface area contributed by atoms with Crippen molar-refractivity contribution in [3.8, 4) is 0 Å². The van der Waals surface area contributed by atoms with Crippen molar-refractivity contribution >= 4 is 45.5 Å². The van der Waals surface area contributed by atoms with Crippen molar-refractivity contribution < 1.29 is 24.2 Å². The van der Waals surface area contributed by atoms with Crippen molar-refractivity contribution in [3.05, 3.63) is 25.3 Å². The van der Waals surface area contributed by atoms with E-state index in [1.165, 1.54) is 0 Å². The summed E-state index contributed by atoms with van der Waals surface area (Å²) >= 11 is 5.44. The number of fused-ring (bicyclic) bond motifs is 1. The van der Waals surface area contributed by atoms with Gasteiger partial charge in [-0.1, -0.05) is 47.8 Å². The fraction of sp³-hybridized carbons (Fsp3) is 0.750. The van der Waals surface area contributed by atoms with E-state index in [4.69, 9.17) is 4.74 Å². The van der Waals surface area contributed by atoms with Crippen LogP contribution in [0.4, 0.5) is 0 Å². The normalized spacial score (nSPS) is 29.9. The molecule has 208 valence electrons. The number of ether oxygens (including phenoxy) is 1. The van der Waals surface area contributed by atoms with Gasteiger partial charge in [0, 0.05) is 36.3 Å². The van der Waals surface area contributed by atoms with E-state index in [-0.39, 0.29) is 34.5 Å². The second-order valence-corrected chi connectivity index (χ2v) is 13.1. The van der Waals surface area contributed by atoms with Gasteiger partial charge in [0.15, 0.2) is 0 Å². The van der Waals surface area contributed by atoms with Crippen molar-refractivity contribution in [1.82, 2.24) is 9.80 Å². The summed E-state index contributed by atoms with van der Waals surface area (Å²) in [6.45, 7) is 11.5. The Hall–Kier alpha value is -1.32. The van der Waals surface area contributed by atoms with E-state index >= 15 is 0 Å². The highest BCUT2D eigenvalue weighted by Crippen LogP contribution is 2.68. The summed E-state index contributed by atoms with van der Waals surface area (Å²) in [6.07, 6.45) is 10.9. The van der Waals surface area contributed by atoms with Crippen molar-refractivity contribution in [2.45, 2.75) is 85.6 Å². The maximum Gasteiger partial charge on any atom is 0.310 e. The first-order chi connectivity index (χ1) is 17.9. The third kappa shape index (κ3) is 6.30. The lowest BCUT2D eigenvalue weighted by Crippen LogP contribution is -2.55. The summed E-state index contributed by atoms with van der Waals surface area (Å²) < 4.78 is 5.02. The molecule has 3 aliphatic heterocycles. The largest absolute Gasteiger partial charge is 0.465 e. The number of amides is 2. The molecule has 3 aliphatic rings. The van der Waals surface area contributed by atoms with Crippen LogP contribution in [0.25, 0.3) is 0 Å². The van der Waals surface area contributed by atoms with Crippen LogP contribution in [-0.4, -0.2) is 86.4 Å². The van der Waals surface area contributed by atoms with Crippen LogP contribution in [0.15, 0.2) is 25.3 Å². The number of carbonyl (C=O) groups is 3. The Morgan fingerprint density at radius 2 is 2.00 bits per heavy atom. The summed E-state index contributed by atoms with van der Waals surface area (Å²) in [6, 6.07) is -0.634. The number of esters is 1. The summed E-state index contributed by atoms with van der Waals surface area (Å²) in [5.41, 5.74) is 0. The van der Waals surface area contributed by atoms with Gasteiger partial charge in [-0.05, 0) is 44.9 Å². The molecule has 0 saturated carbocycles. The average molecular weight is 600 g/mol. The highest BCUT2D eigenvalue weighted by Gasteiger charge is 2.76. The molecule has 0 aromatic heterocycles. The number of rotatable bonds is 17. The molecule has 0 aromatic carbocycles. The summed E-state index contributed by atoms with van der Waals surface area (Å²) in [7, 11) is 0. The molecule has 9 heteroatoms. The van der Waals surface area contributed by atoms with Gasteiger partial charge in [-0.3, -0.25) is 14.4 Å². The summed E-state index contributed by atoms with van der Waals surface area (Å²) in [4.78, 5) is 45.1. The standard InChI is InChI=1S/C28H43BrN2O5S/c1-4-7-9-13-18-36-27(35)21-22-25(33)31(16-11-12-17-32)24(28(22)19-20(29)23(21)37-28)26(34)30(14-6-3)15-10-8-5-2/h4,6,20-24,32H,1,3,5,7-19H2,2H3/t20?,21-,22+,23-,24?,28?/m1/s1. The Labute approximate surface area is 234 Å². The Morgan fingerprint density at radius 1 is 1.22 bits per heavy atom. The molecule has 37 heavy (non-hydrogen) atoms. The van der Waals surface area contributed by atoms with Crippen molar-refractivity contribution in [3.63, 3.8) is 0 Å². The quantitative estimate of drug-likeness (QED) is 0.116. The number of aliphatic hydroxyl groups excluding tert-OH is 1. The van der Waals surface area contributed by atoms with E-state index in [1.54, 1.807) is 22.7 Å². The molecule has 1 N–H and O–H groups in total. The molecule has 6 atom stereocenters. The van der Waals surface area contributed by atoms with Gasteiger partial charge in [0.25, 0.3) is 0 Å². The van der Waals surface area contributed by atoms with Gasteiger partial charge in [-0.25, -0.2) is 0 Å². The van der Waals surface area contributed by atoms with Gasteiger partial charge in [0.05, 0.1) is 23.2 Å². The zero-order valence-corrected chi connectivity index (χ0v) is 24.5. The van der Waals surface area contributed by atoms with Crippen LogP contribution in [0.3, 0.4) is 0 Å². The molecule has 2 amide bonds. The van der Waals surface area contributed by atoms with Crippen molar-refractivity contribution in [2.75, 3.05) is 32.8 Å². The number of thioether (sulfide) groups is 1. The predicted octanol–water partition coefficient (Wildman–Crippen LogP) is 4.33. The second-order valence-electron chi connectivity index (χ2n) is 10.4. The fourth-order valence-corrected chi connectivity index (χ4v) is 9.74. The number of aliphatic hydroxyl groups is 1. The average Bonchev–Trinajstić information content (AvgIpc) is 3.46. The summed E-state index contributed by atoms with van der Waals surface area (Å²) in [5, 5.41) is 9.24. The lowest BCUT2D eigenvalue weighted by atomic mass is 9.71. The first-order valence-corrected chi connectivity index (χ1v) is 15.6. The highest BCUT2D eigenvalue weighted by molar-refractivity contribution is 9.09. The molecule has 0 radical (unpaired) electrons. The molecule has 0 aliphatic carbocycles. The summed E-state index contributed by atoms with van der Waals surface area (Å²) in [5.74, 6) is -1.63. The van der Waals surface area contributed by atoms with Crippen LogP contribution in [0, 0.1) is 11.8 Å². The van der Waals surface area contributed by atoms with Gasteiger partial charge >= 0.3 is 5.97 Å².